The molecule has 226 valence electrons. The normalized spacial score (nSPS) is 23.6. The summed E-state index contributed by atoms with van der Waals surface area (Å²) in [6, 6.07) is 38.2. The average Bonchev–Trinajstić information content (AvgIpc) is 3.83. The van der Waals surface area contributed by atoms with Crippen LogP contribution in [0.2, 0.25) is 0 Å². The van der Waals surface area contributed by atoms with Gasteiger partial charge in [-0.1, -0.05) is 132 Å². The molecule has 3 aliphatic heterocycles. The Labute approximate surface area is 262 Å². The summed E-state index contributed by atoms with van der Waals surface area (Å²) in [7, 11) is 0. The van der Waals surface area contributed by atoms with Crippen LogP contribution in [-0.4, -0.2) is 50.9 Å². The monoisotopic (exact) mass is 598 g/mol. The lowest BCUT2D eigenvalue weighted by atomic mass is 9.92. The van der Waals surface area contributed by atoms with E-state index < -0.39 is 30.0 Å². The number of hydrogen-bond acceptors (Lipinski definition) is 6. The maximum atomic E-state index is 14.7. The van der Waals surface area contributed by atoms with Crippen LogP contribution in [-0.2, 0) is 19.3 Å². The Morgan fingerprint density at radius 1 is 0.578 bits per heavy atom. The van der Waals surface area contributed by atoms with Gasteiger partial charge in [-0.25, -0.2) is 0 Å². The van der Waals surface area contributed by atoms with E-state index in [1.807, 2.05) is 145 Å². The highest BCUT2D eigenvalue weighted by Gasteiger charge is 2.59. The van der Waals surface area contributed by atoms with Crippen LogP contribution in [0.15, 0.2) is 132 Å². The van der Waals surface area contributed by atoms with Gasteiger partial charge in [-0.15, -0.1) is 0 Å². The first-order valence-corrected chi connectivity index (χ1v) is 15.3. The lowest BCUT2D eigenvalue weighted by Gasteiger charge is -2.40. The van der Waals surface area contributed by atoms with E-state index in [9.17, 15) is 9.59 Å². The van der Waals surface area contributed by atoms with Crippen molar-refractivity contribution in [2.45, 2.75) is 56.6 Å². The highest BCUT2D eigenvalue weighted by atomic mass is 16.7. The van der Waals surface area contributed by atoms with Crippen LogP contribution in [0.5, 0.6) is 0 Å². The molecule has 7 rings (SSSR count). The molecule has 4 aromatic rings. The highest BCUT2D eigenvalue weighted by molar-refractivity contribution is 6.05. The molecule has 4 aromatic carbocycles. The average molecular weight is 599 g/mol. The Morgan fingerprint density at radius 2 is 0.911 bits per heavy atom. The van der Waals surface area contributed by atoms with Crippen LogP contribution >= 0.6 is 0 Å². The first-order chi connectivity index (χ1) is 21.9. The van der Waals surface area contributed by atoms with Gasteiger partial charge >= 0.3 is 0 Å². The van der Waals surface area contributed by atoms with Gasteiger partial charge in [0.1, 0.15) is 5.66 Å². The molecule has 3 heterocycles. The molecule has 2 amide bonds. The Kier molecular flexibility index (Phi) is 7.41. The molecule has 8 heteroatoms. The molecule has 45 heavy (non-hydrogen) atoms. The van der Waals surface area contributed by atoms with Gasteiger partial charge < -0.3 is 19.5 Å². The Bertz CT molecular complexity index is 1610. The SMILES string of the molecule is CC1(C)N(C(=O)C2CC(c3ccccc3)=NO2)[C@H](c2ccccc2)[C@@H](c2ccccc2)N1C(=O)C1CC(c2ccccc2)=NO1. The summed E-state index contributed by atoms with van der Waals surface area (Å²) < 4.78 is 0. The topological polar surface area (TPSA) is 83.8 Å². The largest absolute Gasteiger partial charge is 0.382 e. The van der Waals surface area contributed by atoms with Crippen molar-refractivity contribution in [1.29, 1.82) is 0 Å². The maximum Gasteiger partial charge on any atom is 0.269 e. The number of carbonyl (C=O) groups is 2. The predicted molar refractivity (Wildman–Crippen MR) is 171 cm³/mol. The van der Waals surface area contributed by atoms with Gasteiger partial charge in [0.25, 0.3) is 11.8 Å². The second kappa shape index (κ2) is 11.7. The minimum Gasteiger partial charge on any atom is -0.382 e. The number of oxime groups is 2. The quantitative estimate of drug-likeness (QED) is 0.262. The number of rotatable bonds is 6. The van der Waals surface area contributed by atoms with Crippen molar-refractivity contribution < 1.29 is 19.3 Å². The lowest BCUT2D eigenvalue weighted by Crippen LogP contribution is -2.57. The van der Waals surface area contributed by atoms with Crippen molar-refractivity contribution in [3.8, 4) is 0 Å². The van der Waals surface area contributed by atoms with Crippen molar-refractivity contribution in [3.05, 3.63) is 144 Å². The van der Waals surface area contributed by atoms with E-state index in [4.69, 9.17) is 9.68 Å². The van der Waals surface area contributed by atoms with Crippen molar-refractivity contribution in [2.24, 2.45) is 10.3 Å². The van der Waals surface area contributed by atoms with Gasteiger partial charge in [-0.05, 0) is 36.1 Å². The number of carbonyl (C=O) groups excluding carboxylic acids is 2. The van der Waals surface area contributed by atoms with E-state index in [0.717, 1.165) is 33.7 Å². The fraction of sp³-hybridized carbons (Fsp3) is 0.243. The molecule has 8 nitrogen and oxygen atoms in total. The summed E-state index contributed by atoms with van der Waals surface area (Å²) in [6.45, 7) is 3.84. The number of nitrogens with zero attached hydrogens (tertiary/aromatic N) is 4. The van der Waals surface area contributed by atoms with Gasteiger partial charge in [0.15, 0.2) is 0 Å². The third-order valence-corrected chi connectivity index (χ3v) is 8.89. The third-order valence-electron chi connectivity index (χ3n) is 8.89. The summed E-state index contributed by atoms with van der Waals surface area (Å²) in [5.41, 5.74) is 4.05. The van der Waals surface area contributed by atoms with E-state index in [2.05, 4.69) is 10.3 Å². The maximum absolute atomic E-state index is 14.7. The van der Waals surface area contributed by atoms with Gasteiger partial charge in [0, 0.05) is 12.8 Å². The first kappa shape index (κ1) is 28.5. The first-order valence-electron chi connectivity index (χ1n) is 15.3. The molecule has 1 fully saturated rings. The number of amides is 2. The van der Waals surface area contributed by atoms with Crippen LogP contribution in [0, 0.1) is 0 Å². The molecular formula is C37H34N4O4. The summed E-state index contributed by atoms with van der Waals surface area (Å²) >= 11 is 0. The standard InChI is InChI=1S/C37H34N4O4/c1-37(2)40(35(42)31-23-29(38-44-31)25-15-7-3-8-16-25)33(27-19-11-5-12-20-27)34(28-21-13-6-14-22-28)41(37)36(43)32-24-30(39-45-32)26-17-9-4-10-18-26/h3-22,31-34H,23-24H2,1-2H3/t31?,32?,33-,34-/m1/s1. The van der Waals surface area contributed by atoms with E-state index in [-0.39, 0.29) is 11.8 Å². The van der Waals surface area contributed by atoms with Gasteiger partial charge in [-0.3, -0.25) is 9.59 Å². The molecule has 0 bridgehead atoms. The molecule has 4 atom stereocenters. The molecule has 3 aliphatic rings. The van der Waals surface area contributed by atoms with Crippen molar-refractivity contribution in [3.63, 3.8) is 0 Å². The van der Waals surface area contributed by atoms with E-state index in [1.165, 1.54) is 0 Å². The second-order valence-electron chi connectivity index (χ2n) is 12.0. The molecule has 2 unspecified atom stereocenters. The molecule has 0 aliphatic carbocycles. The number of benzene rings is 4. The fourth-order valence-corrected chi connectivity index (χ4v) is 6.79. The Balaban J connectivity index is 1.27. The molecule has 0 radical (unpaired) electrons. The molecular weight excluding hydrogens is 564 g/mol. The molecule has 0 N–H and O–H groups in total. The minimum atomic E-state index is -1.06. The van der Waals surface area contributed by atoms with Crippen LogP contribution in [0.25, 0.3) is 0 Å². The Morgan fingerprint density at radius 3 is 1.27 bits per heavy atom. The van der Waals surface area contributed by atoms with Crippen molar-refractivity contribution >= 4 is 23.2 Å². The number of hydrogen-bond donors (Lipinski definition) is 0. The van der Waals surface area contributed by atoms with Gasteiger partial charge in [-0.2, -0.15) is 0 Å². The van der Waals surface area contributed by atoms with Gasteiger partial charge in [0.2, 0.25) is 12.2 Å². The smallest absolute Gasteiger partial charge is 0.269 e. The summed E-state index contributed by atoms with van der Waals surface area (Å²) in [4.78, 5) is 44.6. The summed E-state index contributed by atoms with van der Waals surface area (Å²) in [5, 5.41) is 8.62. The minimum absolute atomic E-state index is 0.228. The van der Waals surface area contributed by atoms with Crippen molar-refractivity contribution in [1.82, 2.24) is 9.80 Å². The second-order valence-corrected chi connectivity index (χ2v) is 12.0. The van der Waals surface area contributed by atoms with Crippen LogP contribution in [0.1, 0.15) is 61.0 Å². The van der Waals surface area contributed by atoms with Crippen molar-refractivity contribution in [2.75, 3.05) is 0 Å². The lowest BCUT2D eigenvalue weighted by molar-refractivity contribution is -0.158. The van der Waals surface area contributed by atoms with Gasteiger partial charge in [0.05, 0.1) is 23.5 Å². The Hall–Kier alpha value is -5.24. The summed E-state index contributed by atoms with van der Waals surface area (Å²) in [6.07, 6.45) is -0.984. The van der Waals surface area contributed by atoms with E-state index >= 15 is 0 Å². The van der Waals surface area contributed by atoms with E-state index in [1.54, 1.807) is 0 Å². The van der Waals surface area contributed by atoms with Crippen LogP contribution in [0.3, 0.4) is 0 Å². The third kappa shape index (κ3) is 5.16. The molecule has 1 saturated heterocycles. The zero-order chi connectivity index (χ0) is 31.0. The highest BCUT2D eigenvalue weighted by Crippen LogP contribution is 2.52. The van der Waals surface area contributed by atoms with Crippen LogP contribution in [0.4, 0.5) is 0 Å². The molecule has 0 saturated carbocycles. The zero-order valence-electron chi connectivity index (χ0n) is 25.2. The fourth-order valence-electron chi connectivity index (χ4n) is 6.79. The van der Waals surface area contributed by atoms with E-state index in [0.29, 0.717) is 12.8 Å². The summed E-state index contributed by atoms with van der Waals surface area (Å²) in [5.74, 6) is -0.457. The van der Waals surface area contributed by atoms with Crippen LogP contribution < -0.4 is 0 Å². The zero-order valence-corrected chi connectivity index (χ0v) is 25.2. The molecule has 0 spiro atoms. The predicted octanol–water partition coefficient (Wildman–Crippen LogP) is 6.26. The molecule has 0 aromatic heterocycles.